The Bertz CT molecular complexity index is 622. The van der Waals surface area contributed by atoms with Crippen LogP contribution in [-0.2, 0) is 14.6 Å². The maximum atomic E-state index is 11.7. The van der Waals surface area contributed by atoms with Crippen LogP contribution in [0.25, 0.3) is 0 Å². The fourth-order valence-corrected chi connectivity index (χ4v) is 3.22. The predicted octanol–water partition coefficient (Wildman–Crippen LogP) is 0.825. The number of nitrogens with zero attached hydrogens (tertiary/aromatic N) is 1. The van der Waals surface area contributed by atoms with Crippen molar-refractivity contribution in [3.05, 3.63) is 24.3 Å². The van der Waals surface area contributed by atoms with Crippen LogP contribution in [0.3, 0.4) is 0 Å². The number of sulfone groups is 1. The molecule has 1 N–H and O–H groups in total. The third kappa shape index (κ3) is 4.62. The fraction of sp³-hybridized carbons (Fsp3) is 0.533. The van der Waals surface area contributed by atoms with Crippen LogP contribution < -0.4 is 15.0 Å². The highest BCUT2D eigenvalue weighted by molar-refractivity contribution is 7.91. The SMILES string of the molecule is COc1ccccc1N1CCC(NC(=O)CS(C)(=O)=O)CC1. The molecule has 6 nitrogen and oxygen atoms in total. The lowest BCUT2D eigenvalue weighted by atomic mass is 10.0. The molecule has 0 aromatic heterocycles. The molecule has 0 radical (unpaired) electrons. The number of carbonyl (C=O) groups is 1. The van der Waals surface area contributed by atoms with Gasteiger partial charge in [-0.15, -0.1) is 0 Å². The maximum absolute atomic E-state index is 11.7. The van der Waals surface area contributed by atoms with Crippen molar-refractivity contribution in [1.29, 1.82) is 0 Å². The van der Waals surface area contributed by atoms with Crippen molar-refractivity contribution in [3.63, 3.8) is 0 Å². The summed E-state index contributed by atoms with van der Waals surface area (Å²) in [4.78, 5) is 13.9. The molecule has 1 aromatic rings. The molecule has 122 valence electrons. The number of carbonyl (C=O) groups excluding carboxylic acids is 1. The number of hydrogen-bond donors (Lipinski definition) is 1. The lowest BCUT2D eigenvalue weighted by Crippen LogP contribution is -2.46. The Morgan fingerprint density at radius 1 is 1.32 bits per heavy atom. The zero-order valence-electron chi connectivity index (χ0n) is 12.9. The van der Waals surface area contributed by atoms with E-state index in [4.69, 9.17) is 4.74 Å². The monoisotopic (exact) mass is 326 g/mol. The summed E-state index contributed by atoms with van der Waals surface area (Å²) in [6.45, 7) is 1.59. The minimum atomic E-state index is -3.28. The van der Waals surface area contributed by atoms with Crippen LogP contribution >= 0.6 is 0 Å². The van der Waals surface area contributed by atoms with Gasteiger partial charge >= 0.3 is 0 Å². The van der Waals surface area contributed by atoms with E-state index in [-0.39, 0.29) is 6.04 Å². The second-order valence-corrected chi connectivity index (χ2v) is 7.71. The molecule has 0 unspecified atom stereocenters. The molecule has 0 saturated carbocycles. The zero-order chi connectivity index (χ0) is 16.2. The first kappa shape index (κ1) is 16.6. The van der Waals surface area contributed by atoms with Gasteiger partial charge in [-0.25, -0.2) is 8.42 Å². The van der Waals surface area contributed by atoms with Crippen molar-refractivity contribution in [2.75, 3.05) is 37.1 Å². The predicted molar refractivity (Wildman–Crippen MR) is 86.1 cm³/mol. The van der Waals surface area contributed by atoms with Gasteiger partial charge in [-0.1, -0.05) is 12.1 Å². The van der Waals surface area contributed by atoms with Gasteiger partial charge in [0.15, 0.2) is 9.84 Å². The minimum absolute atomic E-state index is 0.0280. The van der Waals surface area contributed by atoms with Gasteiger partial charge in [-0.05, 0) is 25.0 Å². The van der Waals surface area contributed by atoms with Crippen molar-refractivity contribution in [2.24, 2.45) is 0 Å². The average Bonchev–Trinajstić information content (AvgIpc) is 2.46. The van der Waals surface area contributed by atoms with E-state index in [1.165, 1.54) is 0 Å². The van der Waals surface area contributed by atoms with Crippen LogP contribution in [0.4, 0.5) is 5.69 Å². The number of amides is 1. The van der Waals surface area contributed by atoms with Gasteiger partial charge in [-0.2, -0.15) is 0 Å². The Hall–Kier alpha value is -1.76. The van der Waals surface area contributed by atoms with Crippen molar-refractivity contribution in [2.45, 2.75) is 18.9 Å². The fourth-order valence-electron chi connectivity index (χ4n) is 2.66. The van der Waals surface area contributed by atoms with Gasteiger partial charge in [0, 0.05) is 25.4 Å². The normalized spacial score (nSPS) is 16.4. The van der Waals surface area contributed by atoms with Crippen molar-refractivity contribution >= 4 is 21.4 Å². The number of nitrogens with one attached hydrogen (secondary N) is 1. The van der Waals surface area contributed by atoms with E-state index < -0.39 is 21.5 Å². The molecule has 7 heteroatoms. The van der Waals surface area contributed by atoms with Crippen LogP contribution in [-0.4, -0.2) is 52.6 Å². The second kappa shape index (κ2) is 7.00. The average molecular weight is 326 g/mol. The van der Waals surface area contributed by atoms with Crippen molar-refractivity contribution < 1.29 is 17.9 Å². The number of anilines is 1. The lowest BCUT2D eigenvalue weighted by molar-refractivity contribution is -0.119. The Balaban J connectivity index is 1.89. The second-order valence-electron chi connectivity index (χ2n) is 5.57. The van der Waals surface area contributed by atoms with E-state index in [2.05, 4.69) is 10.2 Å². The van der Waals surface area contributed by atoms with Gasteiger partial charge in [0.25, 0.3) is 0 Å². The van der Waals surface area contributed by atoms with Gasteiger partial charge in [0.2, 0.25) is 5.91 Å². The maximum Gasteiger partial charge on any atom is 0.235 e. The molecule has 1 saturated heterocycles. The van der Waals surface area contributed by atoms with E-state index in [0.29, 0.717) is 0 Å². The van der Waals surface area contributed by atoms with Gasteiger partial charge in [0.1, 0.15) is 11.5 Å². The molecule has 0 bridgehead atoms. The molecule has 2 rings (SSSR count). The summed E-state index contributed by atoms with van der Waals surface area (Å²) in [5.74, 6) is -0.0278. The summed E-state index contributed by atoms with van der Waals surface area (Å²) in [5, 5.41) is 2.80. The molecule has 1 amide bonds. The highest BCUT2D eigenvalue weighted by atomic mass is 32.2. The number of rotatable bonds is 5. The zero-order valence-corrected chi connectivity index (χ0v) is 13.7. The summed E-state index contributed by atoms with van der Waals surface area (Å²) in [5.41, 5.74) is 1.05. The van der Waals surface area contributed by atoms with E-state index in [9.17, 15) is 13.2 Å². The van der Waals surface area contributed by atoms with Crippen molar-refractivity contribution in [1.82, 2.24) is 5.32 Å². The summed E-state index contributed by atoms with van der Waals surface area (Å²) in [6.07, 6.45) is 2.64. The van der Waals surface area contributed by atoms with Crippen LogP contribution in [0.15, 0.2) is 24.3 Å². The van der Waals surface area contributed by atoms with Crippen molar-refractivity contribution in [3.8, 4) is 5.75 Å². The molecule has 22 heavy (non-hydrogen) atoms. The standard InChI is InChI=1S/C15H22N2O4S/c1-21-14-6-4-3-5-13(14)17-9-7-12(8-10-17)16-15(18)11-22(2,19)20/h3-6,12H,7-11H2,1-2H3,(H,16,18). The molecule has 0 spiro atoms. The number of piperidine rings is 1. The van der Waals surface area contributed by atoms with Gasteiger partial charge in [0.05, 0.1) is 12.8 Å². The van der Waals surface area contributed by atoms with Crippen LogP contribution in [0, 0.1) is 0 Å². The molecule has 0 atom stereocenters. The Kier molecular flexibility index (Phi) is 5.28. The molecular formula is C15H22N2O4S. The molecule has 1 heterocycles. The Labute approximate surface area is 131 Å². The summed E-state index contributed by atoms with van der Waals surface area (Å²) >= 11 is 0. The largest absolute Gasteiger partial charge is 0.495 e. The van der Waals surface area contributed by atoms with Gasteiger partial charge < -0.3 is 15.0 Å². The minimum Gasteiger partial charge on any atom is -0.495 e. The number of methoxy groups -OCH3 is 1. The van der Waals surface area contributed by atoms with E-state index >= 15 is 0 Å². The van der Waals surface area contributed by atoms with Crippen LogP contribution in [0.2, 0.25) is 0 Å². The first-order chi connectivity index (χ1) is 10.4. The first-order valence-corrected chi connectivity index (χ1v) is 9.30. The summed E-state index contributed by atoms with van der Waals surface area (Å²) in [7, 11) is -1.63. The van der Waals surface area contributed by atoms with E-state index in [1.54, 1.807) is 7.11 Å². The summed E-state index contributed by atoms with van der Waals surface area (Å²) < 4.78 is 27.6. The number of benzene rings is 1. The smallest absolute Gasteiger partial charge is 0.235 e. The van der Waals surface area contributed by atoms with E-state index in [0.717, 1.165) is 43.6 Å². The first-order valence-electron chi connectivity index (χ1n) is 7.24. The molecule has 1 aromatic carbocycles. The number of hydrogen-bond acceptors (Lipinski definition) is 5. The third-order valence-electron chi connectivity index (χ3n) is 3.68. The van der Waals surface area contributed by atoms with E-state index in [1.807, 2.05) is 24.3 Å². The molecular weight excluding hydrogens is 304 g/mol. The Morgan fingerprint density at radius 3 is 2.55 bits per heavy atom. The highest BCUT2D eigenvalue weighted by Crippen LogP contribution is 2.29. The molecule has 1 aliphatic rings. The third-order valence-corrected chi connectivity index (χ3v) is 4.47. The summed E-state index contributed by atoms with van der Waals surface area (Å²) in [6, 6.07) is 7.87. The van der Waals surface area contributed by atoms with Crippen LogP contribution in [0.5, 0.6) is 5.75 Å². The topological polar surface area (TPSA) is 75.7 Å². The number of ether oxygens (including phenoxy) is 1. The lowest BCUT2D eigenvalue weighted by Gasteiger charge is -2.34. The highest BCUT2D eigenvalue weighted by Gasteiger charge is 2.23. The van der Waals surface area contributed by atoms with Gasteiger partial charge in [-0.3, -0.25) is 4.79 Å². The molecule has 0 aliphatic carbocycles. The molecule has 1 aliphatic heterocycles. The number of para-hydroxylation sites is 2. The molecule has 1 fully saturated rings. The Morgan fingerprint density at radius 2 is 1.95 bits per heavy atom. The quantitative estimate of drug-likeness (QED) is 0.867. The van der Waals surface area contributed by atoms with Crippen LogP contribution in [0.1, 0.15) is 12.8 Å².